The van der Waals surface area contributed by atoms with E-state index >= 15 is 0 Å². The van der Waals surface area contributed by atoms with Crippen molar-refractivity contribution in [3.8, 4) is 0 Å². The molecule has 1 N–H and O–H groups in total. The van der Waals surface area contributed by atoms with Gasteiger partial charge in [-0.25, -0.2) is 0 Å². The molecule has 0 unspecified atom stereocenters. The fourth-order valence-electron chi connectivity index (χ4n) is 2.31. The molecule has 0 spiro atoms. The third-order valence-corrected chi connectivity index (χ3v) is 4.57. The van der Waals surface area contributed by atoms with Crippen LogP contribution >= 0.6 is 11.3 Å². The van der Waals surface area contributed by atoms with Crippen LogP contribution in [0.2, 0.25) is 0 Å². The molecule has 7 heteroatoms. The van der Waals surface area contributed by atoms with Crippen LogP contribution in [0.3, 0.4) is 0 Å². The summed E-state index contributed by atoms with van der Waals surface area (Å²) < 4.78 is 0. The van der Waals surface area contributed by atoms with Crippen LogP contribution in [0.5, 0.6) is 0 Å². The monoisotopic (exact) mass is 365 g/mol. The first-order valence-corrected chi connectivity index (χ1v) is 8.63. The summed E-state index contributed by atoms with van der Waals surface area (Å²) in [7, 11) is 0. The predicted octanol–water partition coefficient (Wildman–Crippen LogP) is 4.29. The molecule has 0 radical (unpaired) electrons. The number of rotatable bonds is 6. The van der Waals surface area contributed by atoms with Gasteiger partial charge in [0, 0.05) is 35.1 Å². The van der Waals surface area contributed by atoms with Crippen LogP contribution < -0.4 is 5.32 Å². The summed E-state index contributed by atoms with van der Waals surface area (Å²) in [5.41, 5.74) is 3.00. The van der Waals surface area contributed by atoms with Crippen molar-refractivity contribution in [2.75, 3.05) is 5.32 Å². The summed E-state index contributed by atoms with van der Waals surface area (Å²) in [6.45, 7) is 0. The van der Waals surface area contributed by atoms with Gasteiger partial charge in [0.15, 0.2) is 0 Å². The zero-order valence-electron chi connectivity index (χ0n) is 13.7. The molecule has 0 aliphatic carbocycles. The highest BCUT2D eigenvalue weighted by atomic mass is 32.1. The number of anilines is 1. The molecular weight excluding hydrogens is 350 g/mol. The maximum atomic E-state index is 12.0. The molecule has 1 aromatic carbocycles. The normalized spacial score (nSPS) is 10.8. The Morgan fingerprint density at radius 3 is 2.42 bits per heavy atom. The van der Waals surface area contributed by atoms with Crippen LogP contribution in [0.4, 0.5) is 10.7 Å². The van der Waals surface area contributed by atoms with E-state index in [1.165, 1.54) is 17.7 Å². The van der Waals surface area contributed by atoms with E-state index in [1.54, 1.807) is 24.5 Å². The van der Waals surface area contributed by atoms with Gasteiger partial charge in [-0.15, -0.1) is 0 Å². The van der Waals surface area contributed by atoms with Gasteiger partial charge < -0.3 is 5.32 Å². The van der Waals surface area contributed by atoms with Gasteiger partial charge in [0.1, 0.15) is 0 Å². The highest BCUT2D eigenvalue weighted by molar-refractivity contribution is 7.16. The Morgan fingerprint density at radius 2 is 1.77 bits per heavy atom. The average molecular weight is 365 g/mol. The largest absolute Gasteiger partial charge is 0.324 e. The molecule has 3 aromatic rings. The number of hydrogen-bond acceptors (Lipinski definition) is 5. The van der Waals surface area contributed by atoms with Gasteiger partial charge in [0.25, 0.3) is 0 Å². The molecule has 0 saturated carbocycles. The average Bonchev–Trinajstić information content (AvgIpc) is 3.12. The third kappa shape index (κ3) is 4.84. The van der Waals surface area contributed by atoms with Crippen LogP contribution in [0, 0.1) is 10.1 Å². The highest BCUT2D eigenvalue weighted by Gasteiger charge is 2.08. The van der Waals surface area contributed by atoms with Crippen molar-refractivity contribution >= 4 is 34.0 Å². The van der Waals surface area contributed by atoms with Crippen LogP contribution in [-0.2, 0) is 11.2 Å². The van der Waals surface area contributed by atoms with Crippen molar-refractivity contribution in [1.29, 1.82) is 0 Å². The van der Waals surface area contributed by atoms with E-state index in [4.69, 9.17) is 0 Å². The summed E-state index contributed by atoms with van der Waals surface area (Å²) in [5.74, 6) is -0.289. The summed E-state index contributed by atoms with van der Waals surface area (Å²) in [6, 6.07) is 14.6. The summed E-state index contributed by atoms with van der Waals surface area (Å²) in [6.07, 6.45) is 7.25. The minimum absolute atomic E-state index is 0.0508. The molecule has 130 valence electrons. The minimum atomic E-state index is -0.449. The number of pyridine rings is 1. The lowest BCUT2D eigenvalue weighted by Gasteiger charge is -2.05. The lowest BCUT2D eigenvalue weighted by Crippen LogP contribution is -2.07. The second kappa shape index (κ2) is 8.17. The van der Waals surface area contributed by atoms with Crippen LogP contribution in [0.1, 0.15) is 16.0 Å². The molecule has 2 aromatic heterocycles. The van der Waals surface area contributed by atoms with Crippen molar-refractivity contribution in [2.24, 2.45) is 0 Å². The molecule has 0 bridgehead atoms. The molecule has 0 atom stereocenters. The quantitative estimate of drug-likeness (QED) is 0.401. The van der Waals surface area contributed by atoms with Gasteiger partial charge >= 0.3 is 5.00 Å². The van der Waals surface area contributed by atoms with E-state index in [0.717, 1.165) is 23.3 Å². The van der Waals surface area contributed by atoms with Gasteiger partial charge in [0.2, 0.25) is 5.91 Å². The number of benzene rings is 1. The number of nitro groups is 1. The number of nitrogens with zero attached hydrogens (tertiary/aromatic N) is 2. The first-order chi connectivity index (χ1) is 12.6. The van der Waals surface area contributed by atoms with Crippen LogP contribution in [0.15, 0.2) is 67.0 Å². The molecular formula is C19H15N3O3S. The third-order valence-electron chi connectivity index (χ3n) is 3.57. The fourth-order valence-corrected chi connectivity index (χ4v) is 3.04. The van der Waals surface area contributed by atoms with Crippen molar-refractivity contribution in [2.45, 2.75) is 6.42 Å². The Labute approximate surface area is 154 Å². The Hall–Kier alpha value is -3.32. The zero-order valence-corrected chi connectivity index (χ0v) is 14.5. The summed E-state index contributed by atoms with van der Waals surface area (Å²) >= 11 is 1.02. The Balaban J connectivity index is 1.57. The number of carbonyl (C=O) groups is 1. The Morgan fingerprint density at radius 1 is 1.08 bits per heavy atom. The van der Waals surface area contributed by atoms with Crippen molar-refractivity contribution in [3.05, 3.63) is 93.1 Å². The number of thiophene rings is 1. The second-order valence-corrected chi connectivity index (χ2v) is 6.58. The van der Waals surface area contributed by atoms with Gasteiger partial charge in [0.05, 0.1) is 4.92 Å². The van der Waals surface area contributed by atoms with Crippen molar-refractivity contribution < 1.29 is 9.72 Å². The predicted molar refractivity (Wildman–Crippen MR) is 102 cm³/mol. The molecule has 0 fully saturated rings. The van der Waals surface area contributed by atoms with Gasteiger partial charge in [-0.05, 0) is 54.0 Å². The highest BCUT2D eigenvalue weighted by Crippen LogP contribution is 2.24. The molecule has 0 aliphatic rings. The SMILES string of the molecule is O=C(/C=C/c1ccc([N+](=O)[O-])s1)Nc1ccc(Cc2ccncc2)cc1. The van der Waals surface area contributed by atoms with E-state index in [-0.39, 0.29) is 10.9 Å². The molecule has 26 heavy (non-hydrogen) atoms. The van der Waals surface area contributed by atoms with Crippen molar-refractivity contribution in [1.82, 2.24) is 4.98 Å². The molecule has 0 aliphatic heterocycles. The number of amides is 1. The lowest BCUT2D eigenvalue weighted by molar-refractivity contribution is -0.380. The molecule has 2 heterocycles. The number of aromatic nitrogens is 1. The van der Waals surface area contributed by atoms with Crippen LogP contribution in [-0.4, -0.2) is 15.8 Å². The fraction of sp³-hybridized carbons (Fsp3) is 0.0526. The number of nitrogens with one attached hydrogen (secondary N) is 1. The zero-order chi connectivity index (χ0) is 18.4. The Kier molecular flexibility index (Phi) is 5.50. The first-order valence-electron chi connectivity index (χ1n) is 7.81. The standard InChI is InChI=1S/C19H15N3O3S/c23-18(7-5-17-6-8-19(26-17)22(24)25)21-16-3-1-14(2-4-16)13-15-9-11-20-12-10-15/h1-12H,13H2,(H,21,23)/b7-5+. The van der Waals surface area contributed by atoms with Gasteiger partial charge in [-0.3, -0.25) is 19.9 Å². The van der Waals surface area contributed by atoms with Gasteiger partial charge in [-0.1, -0.05) is 23.5 Å². The van der Waals surface area contributed by atoms with E-state index < -0.39 is 4.92 Å². The maximum absolute atomic E-state index is 12.0. The summed E-state index contributed by atoms with van der Waals surface area (Å²) in [5, 5.41) is 13.5. The topological polar surface area (TPSA) is 85.1 Å². The smallest absolute Gasteiger partial charge is 0.323 e. The van der Waals surface area contributed by atoms with E-state index in [1.807, 2.05) is 36.4 Å². The maximum Gasteiger partial charge on any atom is 0.324 e. The van der Waals surface area contributed by atoms with E-state index in [0.29, 0.717) is 10.6 Å². The number of carbonyl (C=O) groups excluding carboxylic acids is 1. The molecule has 6 nitrogen and oxygen atoms in total. The molecule has 1 amide bonds. The van der Waals surface area contributed by atoms with Gasteiger partial charge in [-0.2, -0.15) is 0 Å². The molecule has 3 rings (SSSR count). The number of hydrogen-bond donors (Lipinski definition) is 1. The summed E-state index contributed by atoms with van der Waals surface area (Å²) in [4.78, 5) is 26.8. The lowest BCUT2D eigenvalue weighted by atomic mass is 10.1. The molecule has 0 saturated heterocycles. The van der Waals surface area contributed by atoms with Crippen molar-refractivity contribution in [3.63, 3.8) is 0 Å². The minimum Gasteiger partial charge on any atom is -0.323 e. The Bertz CT molecular complexity index is 934. The van der Waals surface area contributed by atoms with E-state index in [2.05, 4.69) is 10.3 Å². The van der Waals surface area contributed by atoms with E-state index in [9.17, 15) is 14.9 Å². The first kappa shape index (κ1) is 17.5. The van der Waals surface area contributed by atoms with Crippen LogP contribution in [0.25, 0.3) is 6.08 Å². The second-order valence-electron chi connectivity index (χ2n) is 5.48.